The Morgan fingerprint density at radius 3 is 2.67 bits per heavy atom. The summed E-state index contributed by atoms with van der Waals surface area (Å²) in [6, 6.07) is 10.4. The molecule has 0 aliphatic heterocycles. The molecule has 1 aromatic carbocycles. The quantitative estimate of drug-likeness (QED) is 0.204. The number of thiophene rings is 1. The Kier molecular flexibility index (Phi) is 12.0. The summed E-state index contributed by atoms with van der Waals surface area (Å²) in [5.41, 5.74) is 2.27. The maximum Gasteiger partial charge on any atom is 0.191 e. The summed E-state index contributed by atoms with van der Waals surface area (Å²) in [4.78, 5) is 5.63. The normalized spacial score (nSPS) is 11.0. The van der Waals surface area contributed by atoms with Crippen molar-refractivity contribution in [3.05, 3.63) is 50.1 Å². The minimum absolute atomic E-state index is 0. The van der Waals surface area contributed by atoms with Gasteiger partial charge >= 0.3 is 0 Å². The number of aryl methyl sites for hydroxylation is 1. The molecule has 2 aromatic rings. The van der Waals surface area contributed by atoms with E-state index < -0.39 is 0 Å². The molecule has 27 heavy (non-hydrogen) atoms. The number of hydrogen-bond acceptors (Lipinski definition) is 4. The number of ether oxygens (including phenoxy) is 2. The molecule has 150 valence electrons. The summed E-state index contributed by atoms with van der Waals surface area (Å²) < 4.78 is 12.1. The lowest BCUT2D eigenvalue weighted by Crippen LogP contribution is -2.37. The van der Waals surface area contributed by atoms with Crippen molar-refractivity contribution in [3.63, 3.8) is 0 Å². The van der Waals surface area contributed by atoms with Crippen molar-refractivity contribution in [2.75, 3.05) is 33.9 Å². The second-order valence-corrected chi connectivity index (χ2v) is 8.31. The van der Waals surface area contributed by atoms with E-state index in [1.54, 1.807) is 25.5 Å². The maximum absolute atomic E-state index is 5.84. The molecule has 2 rings (SSSR count). The highest BCUT2D eigenvalue weighted by atomic mass is 127. The molecule has 0 spiro atoms. The van der Waals surface area contributed by atoms with Crippen LogP contribution in [0.15, 0.2) is 39.1 Å². The highest BCUT2D eigenvalue weighted by molar-refractivity contribution is 14.0. The van der Waals surface area contributed by atoms with Crippen LogP contribution in [0.5, 0.6) is 5.75 Å². The molecular formula is C19H27BrIN3O2S. The van der Waals surface area contributed by atoms with Gasteiger partial charge in [-0.05, 0) is 53.0 Å². The average Bonchev–Trinajstić information content (AvgIpc) is 3.04. The maximum atomic E-state index is 5.84. The first-order valence-electron chi connectivity index (χ1n) is 8.52. The molecule has 2 N–H and O–H groups in total. The molecule has 0 amide bonds. The van der Waals surface area contributed by atoms with Crippen LogP contribution >= 0.6 is 51.2 Å². The Bertz CT molecular complexity index is 725. The molecule has 8 heteroatoms. The van der Waals surface area contributed by atoms with Crippen molar-refractivity contribution in [1.29, 1.82) is 0 Å². The zero-order valence-corrected chi connectivity index (χ0v) is 20.6. The lowest BCUT2D eigenvalue weighted by Gasteiger charge is -2.15. The highest BCUT2D eigenvalue weighted by Crippen LogP contribution is 2.22. The number of guanidine groups is 1. The van der Waals surface area contributed by atoms with Crippen LogP contribution in [-0.4, -0.2) is 39.9 Å². The van der Waals surface area contributed by atoms with Crippen molar-refractivity contribution in [1.82, 2.24) is 10.6 Å². The third-order valence-electron chi connectivity index (χ3n) is 3.73. The van der Waals surface area contributed by atoms with Crippen LogP contribution < -0.4 is 15.4 Å². The van der Waals surface area contributed by atoms with Crippen LogP contribution in [0, 0.1) is 6.92 Å². The Balaban J connectivity index is 0.00000364. The van der Waals surface area contributed by atoms with Gasteiger partial charge in [-0.1, -0.05) is 12.1 Å². The molecule has 0 fully saturated rings. The molecule has 0 saturated heterocycles. The number of methoxy groups -OCH3 is 1. The van der Waals surface area contributed by atoms with E-state index in [1.807, 2.05) is 0 Å². The summed E-state index contributed by atoms with van der Waals surface area (Å²) in [6.07, 6.45) is 0.965. The number of aliphatic imine (C=N–C) groups is 1. The number of nitrogens with one attached hydrogen (secondary N) is 2. The Morgan fingerprint density at radius 1 is 1.19 bits per heavy atom. The van der Waals surface area contributed by atoms with E-state index in [9.17, 15) is 0 Å². The minimum Gasteiger partial charge on any atom is -0.491 e. The van der Waals surface area contributed by atoms with Gasteiger partial charge in [-0.2, -0.15) is 0 Å². The van der Waals surface area contributed by atoms with E-state index in [2.05, 4.69) is 68.8 Å². The highest BCUT2D eigenvalue weighted by Gasteiger charge is 2.06. The van der Waals surface area contributed by atoms with Crippen LogP contribution in [0.25, 0.3) is 0 Å². The SMILES string of the molecule is CN=C(NCCc1ccc(Br)s1)NCc1ccc(C)cc1OCCOC.I. The molecule has 1 heterocycles. The number of rotatable bonds is 9. The fourth-order valence-corrected chi connectivity index (χ4v) is 3.85. The Labute approximate surface area is 191 Å². The number of nitrogens with zero attached hydrogens (tertiary/aromatic N) is 1. The van der Waals surface area contributed by atoms with Gasteiger partial charge in [0.1, 0.15) is 12.4 Å². The fraction of sp³-hybridized carbons (Fsp3) is 0.421. The Morgan fingerprint density at radius 2 is 2.00 bits per heavy atom. The van der Waals surface area contributed by atoms with Gasteiger partial charge in [-0.15, -0.1) is 35.3 Å². The summed E-state index contributed by atoms with van der Waals surface area (Å²) in [5, 5.41) is 6.70. The molecule has 0 radical (unpaired) electrons. The summed E-state index contributed by atoms with van der Waals surface area (Å²) in [6.45, 7) is 4.65. The summed E-state index contributed by atoms with van der Waals surface area (Å²) in [7, 11) is 3.45. The van der Waals surface area contributed by atoms with Gasteiger partial charge in [-0.25, -0.2) is 0 Å². The first-order chi connectivity index (χ1) is 12.6. The molecule has 0 aliphatic carbocycles. The topological polar surface area (TPSA) is 54.9 Å². The zero-order valence-electron chi connectivity index (χ0n) is 15.9. The van der Waals surface area contributed by atoms with E-state index in [4.69, 9.17) is 9.47 Å². The summed E-state index contributed by atoms with van der Waals surface area (Å²) in [5.74, 6) is 1.66. The van der Waals surface area contributed by atoms with Crippen molar-refractivity contribution in [2.24, 2.45) is 4.99 Å². The first kappa shape index (κ1) is 24.2. The average molecular weight is 568 g/mol. The van der Waals surface area contributed by atoms with E-state index in [0.29, 0.717) is 19.8 Å². The van der Waals surface area contributed by atoms with Crippen LogP contribution in [-0.2, 0) is 17.7 Å². The van der Waals surface area contributed by atoms with Crippen LogP contribution in [0.2, 0.25) is 0 Å². The predicted octanol–water partition coefficient (Wildman–Crippen LogP) is 4.37. The lowest BCUT2D eigenvalue weighted by atomic mass is 10.1. The van der Waals surface area contributed by atoms with Crippen molar-refractivity contribution >= 4 is 57.2 Å². The van der Waals surface area contributed by atoms with Crippen molar-refractivity contribution < 1.29 is 9.47 Å². The standard InChI is InChI=1S/C19H26BrN3O2S.HI/c1-14-4-5-15(17(12-14)25-11-10-24-3)13-23-19(21-2)22-9-8-16-6-7-18(20)26-16;/h4-7,12H,8-11,13H2,1-3H3,(H2,21,22,23);1H. The fourth-order valence-electron chi connectivity index (χ4n) is 2.37. The van der Waals surface area contributed by atoms with E-state index in [1.165, 1.54) is 10.4 Å². The third kappa shape index (κ3) is 8.80. The molecule has 0 atom stereocenters. The van der Waals surface area contributed by atoms with E-state index in [0.717, 1.165) is 34.0 Å². The predicted molar refractivity (Wildman–Crippen MR) is 128 cm³/mol. The molecule has 0 aliphatic rings. The zero-order chi connectivity index (χ0) is 18.8. The molecule has 0 bridgehead atoms. The minimum atomic E-state index is 0. The van der Waals surface area contributed by atoms with Crippen molar-refractivity contribution in [3.8, 4) is 5.75 Å². The third-order valence-corrected chi connectivity index (χ3v) is 5.41. The van der Waals surface area contributed by atoms with Gasteiger partial charge in [0.2, 0.25) is 0 Å². The van der Waals surface area contributed by atoms with Gasteiger partial charge in [0.05, 0.1) is 10.4 Å². The molecule has 0 saturated carbocycles. The number of benzene rings is 1. The van der Waals surface area contributed by atoms with Crippen molar-refractivity contribution in [2.45, 2.75) is 19.9 Å². The van der Waals surface area contributed by atoms with Crippen LogP contribution in [0.1, 0.15) is 16.0 Å². The molecule has 1 aromatic heterocycles. The second kappa shape index (κ2) is 13.4. The monoisotopic (exact) mass is 567 g/mol. The first-order valence-corrected chi connectivity index (χ1v) is 10.1. The lowest BCUT2D eigenvalue weighted by molar-refractivity contribution is 0.145. The van der Waals surface area contributed by atoms with Gasteiger partial charge in [0.15, 0.2) is 5.96 Å². The summed E-state index contributed by atoms with van der Waals surface area (Å²) >= 11 is 5.25. The van der Waals surface area contributed by atoms with Gasteiger partial charge < -0.3 is 20.1 Å². The van der Waals surface area contributed by atoms with E-state index >= 15 is 0 Å². The smallest absolute Gasteiger partial charge is 0.191 e. The van der Waals surface area contributed by atoms with Gasteiger partial charge in [0.25, 0.3) is 0 Å². The van der Waals surface area contributed by atoms with Crippen LogP contribution in [0.3, 0.4) is 0 Å². The van der Waals surface area contributed by atoms with E-state index in [-0.39, 0.29) is 24.0 Å². The van der Waals surface area contributed by atoms with Crippen LogP contribution in [0.4, 0.5) is 0 Å². The molecular weight excluding hydrogens is 541 g/mol. The number of hydrogen-bond donors (Lipinski definition) is 2. The number of halogens is 2. The Hall–Kier alpha value is -0.840. The van der Waals surface area contributed by atoms with Gasteiger partial charge in [-0.3, -0.25) is 4.99 Å². The largest absolute Gasteiger partial charge is 0.491 e. The second-order valence-electron chi connectivity index (χ2n) is 5.76. The van der Waals surface area contributed by atoms with Gasteiger partial charge in [0, 0.05) is 37.7 Å². The molecule has 5 nitrogen and oxygen atoms in total. The molecule has 0 unspecified atom stereocenters.